The summed E-state index contributed by atoms with van der Waals surface area (Å²) in [5.74, 6) is 0.867. The summed E-state index contributed by atoms with van der Waals surface area (Å²) in [6, 6.07) is 3.76. The van der Waals surface area contributed by atoms with E-state index in [0.29, 0.717) is 17.8 Å². The third-order valence-corrected chi connectivity index (χ3v) is 6.84. The largest absolute Gasteiger partial charge is 0.337 e. The van der Waals surface area contributed by atoms with E-state index in [0.717, 1.165) is 39.5 Å². The van der Waals surface area contributed by atoms with Crippen LogP contribution in [0, 0.1) is 13.8 Å². The molecule has 0 aliphatic carbocycles. The summed E-state index contributed by atoms with van der Waals surface area (Å²) in [5, 5.41) is 2.62. The van der Waals surface area contributed by atoms with Gasteiger partial charge in [-0.2, -0.15) is 0 Å². The van der Waals surface area contributed by atoms with Crippen LogP contribution < -0.4 is 5.56 Å². The minimum absolute atomic E-state index is 0.0662. The average molecular weight is 374 g/mol. The van der Waals surface area contributed by atoms with E-state index in [1.54, 1.807) is 11.3 Å². The number of carbonyl (C=O) groups is 1. The maximum Gasteiger partial charge on any atom is 0.263 e. The van der Waals surface area contributed by atoms with Crippen LogP contribution in [0.4, 0.5) is 0 Å². The predicted octanol–water partition coefficient (Wildman–Crippen LogP) is 3.68. The third kappa shape index (κ3) is 2.91. The van der Waals surface area contributed by atoms with Crippen molar-refractivity contribution in [2.45, 2.75) is 32.6 Å². The molecule has 1 N–H and O–H groups in total. The molecule has 0 saturated carbocycles. The van der Waals surface area contributed by atoms with Crippen LogP contribution >= 0.6 is 22.7 Å². The molecule has 1 amide bonds. The highest BCUT2D eigenvalue weighted by Crippen LogP contribution is 2.30. The summed E-state index contributed by atoms with van der Waals surface area (Å²) >= 11 is 3.03. The van der Waals surface area contributed by atoms with Crippen molar-refractivity contribution in [3.8, 4) is 0 Å². The number of nitrogens with zero attached hydrogens (tertiary/aromatic N) is 2. The number of nitrogens with one attached hydrogen (secondary N) is 1. The van der Waals surface area contributed by atoms with E-state index in [9.17, 15) is 9.59 Å². The molecule has 0 spiro atoms. The molecule has 4 heterocycles. The number of aryl methyl sites for hydroxylation is 2. The summed E-state index contributed by atoms with van der Waals surface area (Å²) in [6.45, 7) is 5.35. The van der Waals surface area contributed by atoms with Gasteiger partial charge in [-0.05, 0) is 43.7 Å². The smallest absolute Gasteiger partial charge is 0.263 e. The number of rotatable bonds is 2. The highest BCUT2D eigenvalue weighted by molar-refractivity contribution is 7.18. The van der Waals surface area contributed by atoms with E-state index < -0.39 is 0 Å². The van der Waals surface area contributed by atoms with Crippen molar-refractivity contribution in [2.75, 3.05) is 13.1 Å². The molecule has 130 valence electrons. The molecule has 1 fully saturated rings. The fraction of sp³-hybridized carbons (Fsp3) is 0.389. The van der Waals surface area contributed by atoms with Crippen molar-refractivity contribution in [2.24, 2.45) is 0 Å². The Morgan fingerprint density at radius 3 is 3.00 bits per heavy atom. The summed E-state index contributed by atoms with van der Waals surface area (Å²) < 4.78 is 0. The van der Waals surface area contributed by atoms with Gasteiger partial charge in [0.05, 0.1) is 10.3 Å². The maximum atomic E-state index is 12.6. The molecule has 1 aliphatic heterocycles. The molecule has 7 heteroatoms. The Morgan fingerprint density at radius 2 is 2.24 bits per heavy atom. The molecule has 25 heavy (non-hydrogen) atoms. The number of fused-ring (bicyclic) bond motifs is 1. The van der Waals surface area contributed by atoms with Crippen molar-refractivity contribution in [3.05, 3.63) is 49.0 Å². The molecular formula is C18H19N3O2S2. The van der Waals surface area contributed by atoms with Crippen molar-refractivity contribution in [3.63, 3.8) is 0 Å². The van der Waals surface area contributed by atoms with Crippen molar-refractivity contribution in [1.29, 1.82) is 0 Å². The molecular weight excluding hydrogens is 354 g/mol. The number of likely N-dealkylation sites (tertiary alicyclic amines) is 1. The first-order valence-electron chi connectivity index (χ1n) is 8.37. The van der Waals surface area contributed by atoms with Gasteiger partial charge in [0, 0.05) is 23.9 Å². The summed E-state index contributed by atoms with van der Waals surface area (Å²) in [6.07, 6.45) is 1.86. The van der Waals surface area contributed by atoms with Crippen molar-refractivity contribution >= 4 is 38.8 Å². The van der Waals surface area contributed by atoms with Gasteiger partial charge in [0.25, 0.3) is 11.5 Å². The van der Waals surface area contributed by atoms with E-state index in [2.05, 4.69) is 4.98 Å². The van der Waals surface area contributed by atoms with Crippen LogP contribution in [0.2, 0.25) is 0 Å². The minimum Gasteiger partial charge on any atom is -0.337 e. The lowest BCUT2D eigenvalue weighted by molar-refractivity contribution is 0.0709. The van der Waals surface area contributed by atoms with Gasteiger partial charge in [-0.25, -0.2) is 4.98 Å². The van der Waals surface area contributed by atoms with Gasteiger partial charge in [-0.1, -0.05) is 6.07 Å². The number of carbonyl (C=O) groups excluding carboxylic acids is 1. The normalized spacial score (nSPS) is 18.0. The van der Waals surface area contributed by atoms with Gasteiger partial charge in [-0.15, -0.1) is 22.7 Å². The molecule has 0 aromatic carbocycles. The maximum absolute atomic E-state index is 12.6. The van der Waals surface area contributed by atoms with E-state index in [-0.39, 0.29) is 17.4 Å². The van der Waals surface area contributed by atoms with Crippen LogP contribution in [0.3, 0.4) is 0 Å². The van der Waals surface area contributed by atoms with Crippen LogP contribution in [0.25, 0.3) is 10.2 Å². The van der Waals surface area contributed by atoms with E-state index in [4.69, 9.17) is 4.98 Å². The highest BCUT2D eigenvalue weighted by Gasteiger charge is 2.28. The second-order valence-corrected chi connectivity index (χ2v) is 8.63. The molecule has 0 radical (unpaired) electrons. The van der Waals surface area contributed by atoms with Gasteiger partial charge in [0.2, 0.25) is 0 Å². The Balaban J connectivity index is 1.64. The fourth-order valence-corrected chi connectivity index (χ4v) is 5.13. The van der Waals surface area contributed by atoms with E-state index in [1.807, 2.05) is 36.3 Å². The molecule has 4 rings (SSSR count). The third-order valence-electron chi connectivity index (χ3n) is 4.88. The van der Waals surface area contributed by atoms with E-state index in [1.165, 1.54) is 11.3 Å². The SMILES string of the molecule is Cc1sc2nc([C@@H]3CCCN(C(=O)c4cccs4)C3)[nH]c(=O)c2c1C. The van der Waals surface area contributed by atoms with Crippen LogP contribution in [0.5, 0.6) is 0 Å². The lowest BCUT2D eigenvalue weighted by Gasteiger charge is -2.32. The number of thiophene rings is 2. The second kappa shape index (κ2) is 6.38. The first-order chi connectivity index (χ1) is 12.0. The lowest BCUT2D eigenvalue weighted by Crippen LogP contribution is -2.39. The highest BCUT2D eigenvalue weighted by atomic mass is 32.1. The number of H-pyrrole nitrogens is 1. The van der Waals surface area contributed by atoms with Crippen LogP contribution in [-0.2, 0) is 0 Å². The quantitative estimate of drug-likeness (QED) is 0.745. The molecule has 0 bridgehead atoms. The topological polar surface area (TPSA) is 66.1 Å². The molecule has 1 aliphatic rings. The fourth-order valence-electron chi connectivity index (χ4n) is 3.41. The molecule has 1 saturated heterocycles. The number of hydrogen-bond acceptors (Lipinski definition) is 5. The van der Waals surface area contributed by atoms with Gasteiger partial charge >= 0.3 is 0 Å². The number of aromatic amines is 1. The van der Waals surface area contributed by atoms with Crippen molar-refractivity contribution < 1.29 is 4.79 Å². The zero-order valence-corrected chi connectivity index (χ0v) is 15.8. The predicted molar refractivity (Wildman–Crippen MR) is 102 cm³/mol. The standard InChI is InChI=1S/C18H19N3O2S2/c1-10-11(2)25-17-14(10)16(22)19-15(20-17)12-5-3-7-21(9-12)18(23)13-6-4-8-24-13/h4,6,8,12H,3,5,7,9H2,1-2H3,(H,19,20,22)/t12-/m1/s1. The summed E-state index contributed by atoms with van der Waals surface area (Å²) in [5.41, 5.74) is 0.946. The Bertz CT molecular complexity index is 988. The molecule has 1 atom stereocenters. The zero-order valence-electron chi connectivity index (χ0n) is 14.2. The minimum atomic E-state index is -0.0662. The Labute approximate surface area is 153 Å². The van der Waals surface area contributed by atoms with Gasteiger partial charge < -0.3 is 9.88 Å². The number of hydrogen-bond donors (Lipinski definition) is 1. The van der Waals surface area contributed by atoms with Crippen LogP contribution in [0.15, 0.2) is 22.3 Å². The monoisotopic (exact) mass is 373 g/mol. The number of amides is 1. The number of aromatic nitrogens is 2. The lowest BCUT2D eigenvalue weighted by atomic mass is 9.97. The molecule has 5 nitrogen and oxygen atoms in total. The van der Waals surface area contributed by atoms with Crippen molar-refractivity contribution in [1.82, 2.24) is 14.9 Å². The molecule has 3 aromatic rings. The Kier molecular flexibility index (Phi) is 4.21. The second-order valence-electron chi connectivity index (χ2n) is 6.48. The van der Waals surface area contributed by atoms with Crippen LogP contribution in [0.1, 0.15) is 44.7 Å². The van der Waals surface area contributed by atoms with Gasteiger partial charge in [0.1, 0.15) is 10.7 Å². The molecule has 3 aromatic heterocycles. The van der Waals surface area contributed by atoms with Gasteiger partial charge in [-0.3, -0.25) is 9.59 Å². The average Bonchev–Trinajstić information content (AvgIpc) is 3.23. The Hall–Kier alpha value is -1.99. The summed E-state index contributed by atoms with van der Waals surface area (Å²) in [7, 11) is 0. The van der Waals surface area contributed by atoms with Gasteiger partial charge in [0.15, 0.2) is 0 Å². The first-order valence-corrected chi connectivity index (χ1v) is 10.1. The first kappa shape index (κ1) is 16.5. The molecule has 0 unspecified atom stereocenters. The number of piperidine rings is 1. The zero-order chi connectivity index (χ0) is 17.6. The summed E-state index contributed by atoms with van der Waals surface area (Å²) in [4.78, 5) is 37.4. The van der Waals surface area contributed by atoms with Crippen LogP contribution in [-0.4, -0.2) is 33.9 Å². The Morgan fingerprint density at radius 1 is 1.40 bits per heavy atom. The van der Waals surface area contributed by atoms with E-state index >= 15 is 0 Å².